The van der Waals surface area contributed by atoms with Crippen LogP contribution in [0.4, 0.5) is 5.69 Å². The maximum atomic E-state index is 12.4. The second-order valence-electron chi connectivity index (χ2n) is 5.40. The molecule has 6 nitrogen and oxygen atoms in total. The molecular weight excluding hydrogens is 281 g/mol. The summed E-state index contributed by atoms with van der Waals surface area (Å²) in [5, 5.41) is 10.6. The van der Waals surface area contributed by atoms with E-state index in [0.29, 0.717) is 18.8 Å². The first-order valence-electron chi connectivity index (χ1n) is 6.47. The first-order chi connectivity index (χ1) is 9.36. The lowest BCUT2D eigenvalue weighted by molar-refractivity contribution is -0.384. The second-order valence-corrected chi connectivity index (χ2v) is 7.46. The molecule has 0 amide bonds. The van der Waals surface area contributed by atoms with Crippen LogP contribution in [0, 0.1) is 15.5 Å². The summed E-state index contributed by atoms with van der Waals surface area (Å²) in [6.45, 7) is 4.89. The third-order valence-corrected chi connectivity index (χ3v) is 5.39. The van der Waals surface area contributed by atoms with E-state index in [1.54, 1.807) is 12.1 Å². The van der Waals surface area contributed by atoms with E-state index in [2.05, 4.69) is 0 Å². The third kappa shape index (κ3) is 3.45. The van der Waals surface area contributed by atoms with Crippen LogP contribution in [0.3, 0.4) is 0 Å². The molecule has 0 N–H and O–H groups in total. The molecule has 0 atom stereocenters. The Labute approximate surface area is 117 Å². The Morgan fingerprint density at radius 2 is 1.85 bits per heavy atom. The van der Waals surface area contributed by atoms with Gasteiger partial charge in [0, 0.05) is 17.5 Å². The van der Waals surface area contributed by atoms with Gasteiger partial charge in [-0.05, 0) is 12.0 Å². The standard InChI is InChI=1S/C13H18NO5P/c1-3-13(2)9-18-20(17,19-10-13)8-11-4-6-12(7-5-11)14(15)16/h4-7H,3,8-10H2,1-2H3. The first-order valence-corrected chi connectivity index (χ1v) is 8.20. The number of hydrogen-bond acceptors (Lipinski definition) is 5. The predicted octanol–water partition coefficient (Wildman–Crippen LogP) is 3.75. The molecule has 0 bridgehead atoms. The second kappa shape index (κ2) is 5.64. The predicted molar refractivity (Wildman–Crippen MR) is 74.7 cm³/mol. The summed E-state index contributed by atoms with van der Waals surface area (Å²) in [7, 11) is -3.14. The van der Waals surface area contributed by atoms with Crippen molar-refractivity contribution in [1.29, 1.82) is 0 Å². The fourth-order valence-corrected chi connectivity index (χ4v) is 3.76. The molecule has 1 aromatic rings. The van der Waals surface area contributed by atoms with E-state index in [-0.39, 0.29) is 17.3 Å². The van der Waals surface area contributed by atoms with Crippen LogP contribution >= 0.6 is 7.60 Å². The molecule has 0 radical (unpaired) electrons. The smallest absolute Gasteiger partial charge is 0.308 e. The van der Waals surface area contributed by atoms with Crippen LogP contribution in [0.25, 0.3) is 0 Å². The van der Waals surface area contributed by atoms with E-state index in [9.17, 15) is 14.7 Å². The Morgan fingerprint density at radius 3 is 2.30 bits per heavy atom. The molecule has 110 valence electrons. The maximum Gasteiger partial charge on any atom is 0.335 e. The highest BCUT2D eigenvalue weighted by atomic mass is 31.2. The van der Waals surface area contributed by atoms with E-state index >= 15 is 0 Å². The van der Waals surface area contributed by atoms with Crippen molar-refractivity contribution in [2.75, 3.05) is 13.2 Å². The highest BCUT2D eigenvalue weighted by Gasteiger charge is 2.38. The SMILES string of the molecule is CCC1(C)COP(=O)(Cc2ccc([N+](=O)[O-])cc2)OC1. The van der Waals surface area contributed by atoms with Crippen LogP contribution in [0.1, 0.15) is 25.8 Å². The summed E-state index contributed by atoms with van der Waals surface area (Å²) in [6, 6.07) is 5.94. The van der Waals surface area contributed by atoms with Gasteiger partial charge in [0.2, 0.25) is 0 Å². The maximum absolute atomic E-state index is 12.4. The third-order valence-electron chi connectivity index (χ3n) is 3.60. The molecule has 1 fully saturated rings. The van der Waals surface area contributed by atoms with Gasteiger partial charge in [-0.25, -0.2) is 0 Å². The van der Waals surface area contributed by atoms with E-state index in [0.717, 1.165) is 6.42 Å². The number of nitrogens with zero attached hydrogens (tertiary/aromatic N) is 1. The molecular formula is C13H18NO5P. The largest absolute Gasteiger partial charge is 0.335 e. The average Bonchev–Trinajstić information content (AvgIpc) is 2.43. The van der Waals surface area contributed by atoms with Crippen molar-refractivity contribution in [3.8, 4) is 0 Å². The molecule has 0 aliphatic carbocycles. The molecule has 2 rings (SSSR count). The number of rotatable bonds is 4. The van der Waals surface area contributed by atoms with Gasteiger partial charge in [0.25, 0.3) is 5.69 Å². The van der Waals surface area contributed by atoms with Gasteiger partial charge >= 0.3 is 7.60 Å². The van der Waals surface area contributed by atoms with Gasteiger partial charge in [0.15, 0.2) is 0 Å². The van der Waals surface area contributed by atoms with Gasteiger partial charge < -0.3 is 9.05 Å². The minimum Gasteiger partial charge on any atom is -0.308 e. The van der Waals surface area contributed by atoms with Crippen LogP contribution in [-0.2, 0) is 19.8 Å². The lowest BCUT2D eigenvalue weighted by Crippen LogP contribution is -2.32. The Bertz CT molecular complexity index is 530. The summed E-state index contributed by atoms with van der Waals surface area (Å²) >= 11 is 0. The molecule has 1 heterocycles. The van der Waals surface area contributed by atoms with Gasteiger partial charge in [0.05, 0.1) is 24.3 Å². The van der Waals surface area contributed by atoms with Crippen LogP contribution < -0.4 is 0 Å². The Morgan fingerprint density at radius 1 is 1.30 bits per heavy atom. The van der Waals surface area contributed by atoms with Crippen LogP contribution in [0.5, 0.6) is 0 Å². The molecule has 0 unspecified atom stereocenters. The topological polar surface area (TPSA) is 78.7 Å². The van der Waals surface area contributed by atoms with Gasteiger partial charge in [-0.15, -0.1) is 0 Å². The fraction of sp³-hybridized carbons (Fsp3) is 0.538. The van der Waals surface area contributed by atoms with Gasteiger partial charge in [-0.3, -0.25) is 14.7 Å². The molecule has 1 aliphatic rings. The van der Waals surface area contributed by atoms with Gasteiger partial charge in [-0.2, -0.15) is 0 Å². The molecule has 7 heteroatoms. The normalized spacial score (nSPS) is 30.1. The molecule has 0 aromatic heterocycles. The average molecular weight is 299 g/mol. The highest BCUT2D eigenvalue weighted by molar-refractivity contribution is 7.53. The number of nitro benzene ring substituents is 1. The fourth-order valence-electron chi connectivity index (χ4n) is 1.83. The minimum atomic E-state index is -3.14. The van der Waals surface area contributed by atoms with Gasteiger partial charge in [0.1, 0.15) is 0 Å². The highest BCUT2D eigenvalue weighted by Crippen LogP contribution is 2.56. The van der Waals surface area contributed by atoms with Crippen LogP contribution in [0.15, 0.2) is 24.3 Å². The molecule has 1 saturated heterocycles. The zero-order valence-electron chi connectivity index (χ0n) is 11.6. The van der Waals surface area contributed by atoms with Crippen molar-refractivity contribution in [1.82, 2.24) is 0 Å². The van der Waals surface area contributed by atoms with Crippen molar-refractivity contribution in [2.45, 2.75) is 26.4 Å². The first kappa shape index (κ1) is 15.2. The van der Waals surface area contributed by atoms with E-state index < -0.39 is 12.5 Å². The zero-order valence-corrected chi connectivity index (χ0v) is 12.5. The minimum absolute atomic E-state index is 0.0103. The summed E-state index contributed by atoms with van der Waals surface area (Å²) in [6.07, 6.45) is 1.04. The summed E-state index contributed by atoms with van der Waals surface area (Å²) in [4.78, 5) is 10.1. The molecule has 0 saturated carbocycles. The Balaban J connectivity index is 2.03. The summed E-state index contributed by atoms with van der Waals surface area (Å²) < 4.78 is 23.4. The lowest BCUT2D eigenvalue weighted by atomic mass is 9.90. The Kier molecular flexibility index (Phi) is 4.28. The quantitative estimate of drug-likeness (QED) is 0.480. The number of hydrogen-bond donors (Lipinski definition) is 0. The van der Waals surface area contributed by atoms with Crippen molar-refractivity contribution < 1.29 is 18.5 Å². The van der Waals surface area contributed by atoms with Gasteiger partial charge in [-0.1, -0.05) is 26.0 Å². The zero-order chi connectivity index (χ0) is 14.8. The van der Waals surface area contributed by atoms with E-state index in [4.69, 9.17) is 9.05 Å². The van der Waals surface area contributed by atoms with Crippen molar-refractivity contribution >= 4 is 13.3 Å². The van der Waals surface area contributed by atoms with E-state index in [1.807, 2.05) is 13.8 Å². The number of non-ortho nitro benzene ring substituents is 1. The Hall–Kier alpha value is -1.23. The molecule has 1 aliphatic heterocycles. The molecule has 1 aromatic carbocycles. The summed E-state index contributed by atoms with van der Waals surface area (Å²) in [5.41, 5.74) is 0.624. The van der Waals surface area contributed by atoms with Crippen molar-refractivity contribution in [2.24, 2.45) is 5.41 Å². The van der Waals surface area contributed by atoms with Crippen molar-refractivity contribution in [3.05, 3.63) is 39.9 Å². The lowest BCUT2D eigenvalue weighted by Gasteiger charge is -2.36. The number of nitro groups is 1. The molecule has 20 heavy (non-hydrogen) atoms. The summed E-state index contributed by atoms with van der Waals surface area (Å²) in [5.74, 6) is 0. The van der Waals surface area contributed by atoms with Crippen LogP contribution in [-0.4, -0.2) is 18.1 Å². The number of benzene rings is 1. The van der Waals surface area contributed by atoms with E-state index in [1.165, 1.54) is 12.1 Å². The molecule has 0 spiro atoms. The van der Waals surface area contributed by atoms with Crippen molar-refractivity contribution in [3.63, 3.8) is 0 Å². The monoisotopic (exact) mass is 299 g/mol. The van der Waals surface area contributed by atoms with Crippen LogP contribution in [0.2, 0.25) is 0 Å².